The smallest absolute Gasteiger partial charge is 0.341 e. The van der Waals surface area contributed by atoms with E-state index in [4.69, 9.17) is 0 Å². The first-order valence-electron chi connectivity index (χ1n) is 10.9. The van der Waals surface area contributed by atoms with Gasteiger partial charge in [-0.15, -0.1) is 0 Å². The van der Waals surface area contributed by atoms with E-state index >= 15 is 0 Å². The van der Waals surface area contributed by atoms with E-state index in [1.165, 1.54) is 36.1 Å². The fourth-order valence-electron chi connectivity index (χ4n) is 4.34. The van der Waals surface area contributed by atoms with Crippen LogP contribution in [0.3, 0.4) is 0 Å². The molecule has 1 amide bonds. The molecule has 0 radical (unpaired) electrons. The van der Waals surface area contributed by atoms with Crippen molar-refractivity contribution in [1.29, 1.82) is 0 Å². The molecule has 1 aromatic carbocycles. The highest BCUT2D eigenvalue weighted by Crippen LogP contribution is 2.39. The Morgan fingerprint density at radius 2 is 1.83 bits per heavy atom. The summed E-state index contributed by atoms with van der Waals surface area (Å²) in [4.78, 5) is 20.5. The first-order valence-corrected chi connectivity index (χ1v) is 14.2. The molecule has 1 saturated heterocycles. The Kier molecular flexibility index (Phi) is 6.79. The number of aryl methyl sites for hydroxylation is 1. The second-order valence-electron chi connectivity index (χ2n) is 8.66. The van der Waals surface area contributed by atoms with Crippen molar-refractivity contribution >= 4 is 43.1 Å². The minimum atomic E-state index is -4.39. The molecule has 1 fully saturated rings. The Hall–Kier alpha value is -2.75. The fraction of sp³-hybridized carbons (Fsp3) is 0.429. The number of sulfone groups is 1. The van der Waals surface area contributed by atoms with Crippen LogP contribution in [0.5, 0.6) is 0 Å². The number of nitrogens with one attached hydrogen (secondary N) is 2. The Bertz CT molecular complexity index is 1450. The number of nitrogens with zero attached hydrogens (tertiary/aromatic N) is 3. The summed E-state index contributed by atoms with van der Waals surface area (Å²) in [6.45, 7) is 0.279. The van der Waals surface area contributed by atoms with Crippen molar-refractivity contribution in [2.75, 3.05) is 44.3 Å². The van der Waals surface area contributed by atoms with E-state index in [1.807, 2.05) is 0 Å². The summed E-state index contributed by atoms with van der Waals surface area (Å²) in [6, 6.07) is 4.31. The zero-order valence-corrected chi connectivity index (χ0v) is 21.0. The Labute approximate surface area is 206 Å². The molecule has 0 bridgehead atoms. The lowest BCUT2D eigenvalue weighted by Gasteiger charge is -2.23. The molecule has 2 aliphatic heterocycles. The number of halogens is 3. The average molecular weight is 548 g/mol. The normalized spacial score (nSPS) is 19.4. The van der Waals surface area contributed by atoms with Gasteiger partial charge in [-0.1, -0.05) is 6.07 Å². The number of carbonyl (C=O) groups excluding carboxylic acids is 1. The fourth-order valence-corrected chi connectivity index (χ4v) is 6.91. The number of rotatable bonds is 5. The SMILES string of the molecule is Cc1[nH]c(/C=C2\C(=O)Nc3cccc(S(=O)(=O)N4CCCN(CC(F)(F)F)CC4)c32)nc1S(C)(=O)=O. The number of anilines is 1. The quantitative estimate of drug-likeness (QED) is 0.546. The molecule has 0 unspecified atom stereocenters. The van der Waals surface area contributed by atoms with Crippen LogP contribution in [0.2, 0.25) is 0 Å². The number of hydrogen-bond donors (Lipinski definition) is 2. The monoisotopic (exact) mass is 547 g/mol. The van der Waals surface area contributed by atoms with Crippen molar-refractivity contribution in [2.24, 2.45) is 0 Å². The van der Waals surface area contributed by atoms with E-state index in [-0.39, 0.29) is 70.9 Å². The van der Waals surface area contributed by atoms with Crippen molar-refractivity contribution in [3.8, 4) is 0 Å². The van der Waals surface area contributed by atoms with Crippen molar-refractivity contribution in [2.45, 2.75) is 29.4 Å². The van der Waals surface area contributed by atoms with E-state index < -0.39 is 38.5 Å². The van der Waals surface area contributed by atoms with Gasteiger partial charge in [-0.3, -0.25) is 9.69 Å². The third-order valence-electron chi connectivity index (χ3n) is 5.85. The first-order chi connectivity index (χ1) is 16.7. The number of imidazole rings is 1. The molecule has 0 spiro atoms. The van der Waals surface area contributed by atoms with Crippen LogP contribution in [0, 0.1) is 6.92 Å². The van der Waals surface area contributed by atoms with Gasteiger partial charge in [0.25, 0.3) is 5.91 Å². The number of H-pyrrole nitrogens is 1. The molecule has 0 saturated carbocycles. The van der Waals surface area contributed by atoms with Crippen molar-refractivity contribution in [1.82, 2.24) is 19.2 Å². The molecule has 0 atom stereocenters. The van der Waals surface area contributed by atoms with Crippen LogP contribution in [-0.4, -0.2) is 87.1 Å². The third kappa shape index (κ3) is 5.33. The molecule has 15 heteroatoms. The van der Waals surface area contributed by atoms with Gasteiger partial charge >= 0.3 is 6.18 Å². The molecule has 2 aromatic rings. The van der Waals surface area contributed by atoms with Gasteiger partial charge in [0.15, 0.2) is 14.9 Å². The molecule has 3 heterocycles. The van der Waals surface area contributed by atoms with Gasteiger partial charge in [0.1, 0.15) is 5.82 Å². The van der Waals surface area contributed by atoms with Crippen molar-refractivity contribution in [3.63, 3.8) is 0 Å². The highest BCUT2D eigenvalue weighted by molar-refractivity contribution is 7.90. The summed E-state index contributed by atoms with van der Waals surface area (Å²) in [5.41, 5.74) is 0.560. The van der Waals surface area contributed by atoms with Crippen molar-refractivity contribution < 1.29 is 34.8 Å². The number of benzene rings is 1. The number of aromatic nitrogens is 2. The van der Waals surface area contributed by atoms with Gasteiger partial charge in [-0.25, -0.2) is 21.8 Å². The topological polar surface area (TPSA) is 133 Å². The Morgan fingerprint density at radius 1 is 1.11 bits per heavy atom. The van der Waals surface area contributed by atoms with Crippen LogP contribution in [0.15, 0.2) is 28.1 Å². The second kappa shape index (κ2) is 9.28. The van der Waals surface area contributed by atoms with Gasteiger partial charge in [0, 0.05) is 31.5 Å². The van der Waals surface area contributed by atoms with E-state index in [9.17, 15) is 34.8 Å². The summed E-state index contributed by atoms with van der Waals surface area (Å²) >= 11 is 0. The standard InChI is InChI=1S/C21H24F3N5O5S2/c1-13-20(35(2,31)32)27-17(25-13)11-14-18-15(26-19(14)30)5-3-6-16(18)36(33,34)29-8-4-7-28(9-10-29)12-21(22,23)24/h3,5-6,11H,4,7-10,12H2,1-2H3,(H,25,27)(H,26,30)/b14-11-. The predicted molar refractivity (Wildman–Crippen MR) is 125 cm³/mol. The molecule has 0 aliphatic carbocycles. The third-order valence-corrected chi connectivity index (χ3v) is 8.89. The molecule has 36 heavy (non-hydrogen) atoms. The molecule has 10 nitrogen and oxygen atoms in total. The van der Waals surface area contributed by atoms with Crippen LogP contribution in [0.25, 0.3) is 11.6 Å². The van der Waals surface area contributed by atoms with Gasteiger partial charge in [-0.05, 0) is 38.1 Å². The van der Waals surface area contributed by atoms with Crippen LogP contribution in [0.4, 0.5) is 18.9 Å². The minimum Gasteiger partial charge on any atom is -0.341 e. The maximum atomic E-state index is 13.6. The van der Waals surface area contributed by atoms with Gasteiger partial charge in [0.2, 0.25) is 10.0 Å². The largest absolute Gasteiger partial charge is 0.401 e. The molecular weight excluding hydrogens is 523 g/mol. The lowest BCUT2D eigenvalue weighted by Crippen LogP contribution is -2.38. The van der Waals surface area contributed by atoms with Crippen LogP contribution in [0.1, 0.15) is 23.5 Å². The van der Waals surface area contributed by atoms with Crippen LogP contribution < -0.4 is 5.32 Å². The number of alkyl halides is 3. The maximum absolute atomic E-state index is 13.6. The Balaban J connectivity index is 1.71. The summed E-state index contributed by atoms with van der Waals surface area (Å²) in [5.74, 6) is -0.550. The van der Waals surface area contributed by atoms with E-state index in [0.717, 1.165) is 10.6 Å². The molecule has 1 aromatic heterocycles. The molecule has 196 valence electrons. The number of hydrogen-bond acceptors (Lipinski definition) is 7. The average Bonchev–Trinajstić information content (AvgIpc) is 3.17. The number of fused-ring (bicyclic) bond motifs is 1. The molecule has 2 aliphatic rings. The predicted octanol–water partition coefficient (Wildman–Crippen LogP) is 1.87. The highest BCUT2D eigenvalue weighted by Gasteiger charge is 2.37. The Morgan fingerprint density at radius 3 is 2.47 bits per heavy atom. The summed E-state index contributed by atoms with van der Waals surface area (Å²) in [5, 5.41) is 2.40. The minimum absolute atomic E-state index is 0.0237. The van der Waals surface area contributed by atoms with Gasteiger partial charge in [-0.2, -0.15) is 17.5 Å². The zero-order valence-electron chi connectivity index (χ0n) is 19.4. The molecule has 4 rings (SSSR count). The maximum Gasteiger partial charge on any atom is 0.401 e. The number of carbonyl (C=O) groups is 1. The zero-order chi connectivity index (χ0) is 26.5. The molecular formula is C21H24F3N5O5S2. The summed E-state index contributed by atoms with van der Waals surface area (Å²) in [6.07, 6.45) is -1.91. The van der Waals surface area contributed by atoms with E-state index in [1.54, 1.807) is 0 Å². The second-order valence-corrected chi connectivity index (χ2v) is 12.5. The lowest BCUT2D eigenvalue weighted by molar-refractivity contribution is -0.145. The summed E-state index contributed by atoms with van der Waals surface area (Å²) in [7, 11) is -7.82. The number of amides is 1. The number of sulfonamides is 1. The highest BCUT2D eigenvalue weighted by atomic mass is 32.2. The van der Waals surface area contributed by atoms with Crippen molar-refractivity contribution in [3.05, 3.63) is 35.3 Å². The summed E-state index contributed by atoms with van der Waals surface area (Å²) < 4.78 is 90.6. The van der Waals surface area contributed by atoms with E-state index in [0.29, 0.717) is 0 Å². The van der Waals surface area contributed by atoms with Gasteiger partial charge in [0.05, 0.1) is 28.4 Å². The number of aromatic amines is 1. The first kappa shape index (κ1) is 26.3. The van der Waals surface area contributed by atoms with Gasteiger partial charge < -0.3 is 10.3 Å². The lowest BCUT2D eigenvalue weighted by atomic mass is 10.1. The van der Waals surface area contributed by atoms with Crippen LogP contribution >= 0.6 is 0 Å². The van der Waals surface area contributed by atoms with E-state index in [2.05, 4.69) is 15.3 Å². The molecule has 2 N–H and O–H groups in total. The van der Waals surface area contributed by atoms with Crippen LogP contribution in [-0.2, 0) is 24.7 Å².